The van der Waals surface area contributed by atoms with Gasteiger partial charge in [0.25, 0.3) is 11.6 Å². The van der Waals surface area contributed by atoms with E-state index in [4.69, 9.17) is 11.6 Å². The quantitative estimate of drug-likeness (QED) is 0.678. The lowest BCUT2D eigenvalue weighted by Crippen LogP contribution is -2.17. The molecule has 0 bridgehead atoms. The van der Waals surface area contributed by atoms with Crippen molar-refractivity contribution in [3.63, 3.8) is 0 Å². The topological polar surface area (TPSA) is 90.1 Å². The molecule has 0 aliphatic rings. The molecule has 0 fully saturated rings. The molecule has 0 aromatic carbocycles. The number of pyridine rings is 1. The number of nitrogens with zero attached hydrogens (tertiary/aromatic N) is 3. The zero-order valence-corrected chi connectivity index (χ0v) is 12.0. The highest BCUT2D eigenvalue weighted by atomic mass is 35.5. The number of carbonyl (C=O) groups excluding carboxylic acids is 1. The molecule has 0 saturated carbocycles. The molecule has 0 radical (unpaired) electrons. The Morgan fingerprint density at radius 1 is 1.57 bits per heavy atom. The molecule has 0 aliphatic heterocycles. The summed E-state index contributed by atoms with van der Waals surface area (Å²) < 4.78 is 1.55. The van der Waals surface area contributed by atoms with Gasteiger partial charge in [0.05, 0.1) is 16.1 Å². The molecule has 2 aromatic heterocycles. The molecule has 21 heavy (non-hydrogen) atoms. The maximum absolute atomic E-state index is 12.2. The number of anilines is 1. The monoisotopic (exact) mass is 308 g/mol. The van der Waals surface area contributed by atoms with Crippen molar-refractivity contribution in [3.05, 3.63) is 51.4 Å². The molecular weight excluding hydrogens is 296 g/mol. The van der Waals surface area contributed by atoms with Gasteiger partial charge in [-0.2, -0.15) is 0 Å². The zero-order chi connectivity index (χ0) is 15.4. The van der Waals surface area contributed by atoms with Gasteiger partial charge >= 0.3 is 0 Å². The summed E-state index contributed by atoms with van der Waals surface area (Å²) in [5, 5.41) is 13.7. The number of nitrogens with one attached hydrogen (secondary N) is 1. The third kappa shape index (κ3) is 3.38. The predicted molar refractivity (Wildman–Crippen MR) is 78.6 cm³/mol. The molecule has 1 amide bonds. The van der Waals surface area contributed by atoms with Crippen molar-refractivity contribution >= 4 is 29.0 Å². The Hall–Kier alpha value is -2.41. The standard InChI is InChI=1S/C13H13ClN4O3/c1-2-6-17-8-9(18(20)21)7-11(17)13(19)16-12-10(14)4-3-5-15-12/h3-5,7-8H,2,6H2,1H3,(H,15,16,19). The molecule has 2 heterocycles. The molecule has 1 N–H and O–H groups in total. The highest BCUT2D eigenvalue weighted by Crippen LogP contribution is 2.21. The highest BCUT2D eigenvalue weighted by Gasteiger charge is 2.20. The van der Waals surface area contributed by atoms with Gasteiger partial charge in [0.15, 0.2) is 5.82 Å². The first kappa shape index (κ1) is 15.0. The van der Waals surface area contributed by atoms with Crippen molar-refractivity contribution in [1.82, 2.24) is 9.55 Å². The smallest absolute Gasteiger partial charge is 0.287 e. The van der Waals surface area contributed by atoms with Gasteiger partial charge in [0, 0.05) is 18.8 Å². The van der Waals surface area contributed by atoms with Crippen LogP contribution in [0.5, 0.6) is 0 Å². The number of rotatable bonds is 5. The summed E-state index contributed by atoms with van der Waals surface area (Å²) in [6.07, 6.45) is 3.59. The van der Waals surface area contributed by atoms with Crippen LogP contribution in [0.4, 0.5) is 11.5 Å². The van der Waals surface area contributed by atoms with E-state index in [1.54, 1.807) is 16.7 Å². The number of halogens is 1. The number of amides is 1. The first-order valence-electron chi connectivity index (χ1n) is 6.29. The van der Waals surface area contributed by atoms with Gasteiger partial charge in [-0.1, -0.05) is 18.5 Å². The number of aryl methyl sites for hydroxylation is 1. The minimum absolute atomic E-state index is 0.124. The summed E-state index contributed by atoms with van der Waals surface area (Å²) in [6, 6.07) is 4.47. The van der Waals surface area contributed by atoms with Gasteiger partial charge in [-0.3, -0.25) is 14.9 Å². The number of hydrogen-bond acceptors (Lipinski definition) is 4. The predicted octanol–water partition coefficient (Wildman–Crippen LogP) is 3.11. The Bertz CT molecular complexity index is 684. The highest BCUT2D eigenvalue weighted by molar-refractivity contribution is 6.33. The third-order valence-corrected chi connectivity index (χ3v) is 3.09. The summed E-state index contributed by atoms with van der Waals surface area (Å²) in [5.74, 6) is -0.270. The van der Waals surface area contributed by atoms with Crippen LogP contribution in [0.3, 0.4) is 0 Å². The minimum Gasteiger partial charge on any atom is -0.337 e. The fourth-order valence-corrected chi connectivity index (χ4v) is 2.03. The molecule has 0 atom stereocenters. The largest absolute Gasteiger partial charge is 0.337 e. The second-order valence-electron chi connectivity index (χ2n) is 4.32. The Balaban J connectivity index is 2.30. The molecule has 7 nitrogen and oxygen atoms in total. The number of nitro groups is 1. The number of aromatic nitrogens is 2. The SMILES string of the molecule is CCCn1cc([N+](=O)[O-])cc1C(=O)Nc1ncccc1Cl. The summed E-state index contributed by atoms with van der Waals surface area (Å²) in [6.45, 7) is 2.43. The van der Waals surface area contributed by atoms with E-state index in [1.807, 2.05) is 6.92 Å². The number of carbonyl (C=O) groups is 1. The van der Waals surface area contributed by atoms with Crippen LogP contribution in [0, 0.1) is 10.1 Å². The molecule has 8 heteroatoms. The van der Waals surface area contributed by atoms with Crippen LogP contribution in [-0.4, -0.2) is 20.4 Å². The molecule has 110 valence electrons. The average molecular weight is 309 g/mol. The van der Waals surface area contributed by atoms with Crippen molar-refractivity contribution in [2.24, 2.45) is 0 Å². The Morgan fingerprint density at radius 2 is 2.33 bits per heavy atom. The van der Waals surface area contributed by atoms with E-state index in [2.05, 4.69) is 10.3 Å². The molecule has 0 saturated heterocycles. The van der Waals surface area contributed by atoms with Gasteiger partial charge in [0.2, 0.25) is 0 Å². The lowest BCUT2D eigenvalue weighted by Gasteiger charge is -2.08. The summed E-state index contributed by atoms with van der Waals surface area (Å²) in [5.41, 5.74) is 0.0750. The van der Waals surface area contributed by atoms with Crippen molar-refractivity contribution in [3.8, 4) is 0 Å². The maximum Gasteiger partial charge on any atom is 0.287 e. The van der Waals surface area contributed by atoms with Crippen LogP contribution >= 0.6 is 11.6 Å². The molecule has 0 spiro atoms. The molecular formula is C13H13ClN4O3. The Morgan fingerprint density at radius 3 is 2.95 bits per heavy atom. The Labute approximate surface area is 125 Å². The van der Waals surface area contributed by atoms with Crippen molar-refractivity contribution in [1.29, 1.82) is 0 Å². The first-order chi connectivity index (χ1) is 10.0. The lowest BCUT2D eigenvalue weighted by atomic mass is 10.3. The summed E-state index contributed by atoms with van der Waals surface area (Å²) in [7, 11) is 0. The molecule has 0 aliphatic carbocycles. The van der Waals surface area contributed by atoms with Gasteiger partial charge < -0.3 is 9.88 Å². The number of hydrogen-bond donors (Lipinski definition) is 1. The van der Waals surface area contributed by atoms with Gasteiger partial charge in [-0.15, -0.1) is 0 Å². The second-order valence-corrected chi connectivity index (χ2v) is 4.73. The van der Waals surface area contributed by atoms with Crippen LogP contribution in [0.25, 0.3) is 0 Å². The van der Waals surface area contributed by atoms with E-state index in [0.717, 1.165) is 6.42 Å². The second kappa shape index (κ2) is 6.36. The molecule has 0 unspecified atom stereocenters. The van der Waals surface area contributed by atoms with Crippen LogP contribution in [0.2, 0.25) is 5.02 Å². The van der Waals surface area contributed by atoms with E-state index in [0.29, 0.717) is 11.6 Å². The Kier molecular flexibility index (Phi) is 4.54. The average Bonchev–Trinajstić information content (AvgIpc) is 2.86. The van der Waals surface area contributed by atoms with Crippen molar-refractivity contribution < 1.29 is 9.72 Å². The zero-order valence-electron chi connectivity index (χ0n) is 11.2. The van der Waals surface area contributed by atoms with E-state index in [9.17, 15) is 14.9 Å². The fraction of sp³-hybridized carbons (Fsp3) is 0.231. The summed E-state index contributed by atoms with van der Waals surface area (Å²) >= 11 is 5.92. The van der Waals surface area contributed by atoms with E-state index >= 15 is 0 Å². The van der Waals surface area contributed by atoms with Gasteiger partial charge in [0.1, 0.15) is 5.69 Å². The fourth-order valence-electron chi connectivity index (χ4n) is 1.86. The molecule has 2 rings (SSSR count). The minimum atomic E-state index is -0.531. The van der Waals surface area contributed by atoms with Crippen LogP contribution < -0.4 is 5.32 Å². The van der Waals surface area contributed by atoms with Gasteiger partial charge in [-0.25, -0.2) is 4.98 Å². The van der Waals surface area contributed by atoms with Crippen LogP contribution in [0.1, 0.15) is 23.8 Å². The van der Waals surface area contributed by atoms with E-state index in [-0.39, 0.29) is 17.2 Å². The van der Waals surface area contributed by atoms with Crippen molar-refractivity contribution in [2.45, 2.75) is 19.9 Å². The van der Waals surface area contributed by atoms with Crippen LogP contribution in [-0.2, 0) is 6.54 Å². The molecule has 2 aromatic rings. The first-order valence-corrected chi connectivity index (χ1v) is 6.67. The summed E-state index contributed by atoms with van der Waals surface area (Å²) in [4.78, 5) is 26.5. The van der Waals surface area contributed by atoms with E-state index < -0.39 is 10.8 Å². The van der Waals surface area contributed by atoms with Crippen molar-refractivity contribution in [2.75, 3.05) is 5.32 Å². The van der Waals surface area contributed by atoms with E-state index in [1.165, 1.54) is 18.5 Å². The normalized spacial score (nSPS) is 10.4. The maximum atomic E-state index is 12.2. The van der Waals surface area contributed by atoms with Crippen LogP contribution in [0.15, 0.2) is 30.6 Å². The third-order valence-electron chi connectivity index (χ3n) is 2.78. The lowest BCUT2D eigenvalue weighted by molar-refractivity contribution is -0.384. The van der Waals surface area contributed by atoms with Gasteiger partial charge in [-0.05, 0) is 18.6 Å².